The van der Waals surface area contributed by atoms with Crippen molar-refractivity contribution in [3.63, 3.8) is 0 Å². The Labute approximate surface area is 174 Å². The zero-order chi connectivity index (χ0) is 21.4. The minimum atomic E-state index is -0.346. The molecule has 1 aliphatic heterocycles. The first-order chi connectivity index (χ1) is 14.4. The van der Waals surface area contributed by atoms with Gasteiger partial charge in [-0.3, -0.25) is 14.5 Å². The number of carbonyl (C=O) groups is 1. The van der Waals surface area contributed by atoms with Crippen LogP contribution in [0, 0.1) is 19.7 Å². The topological polar surface area (TPSA) is 81.9 Å². The molecule has 8 heteroatoms. The molecular weight excluding hydrogens is 385 g/mol. The Morgan fingerprint density at radius 3 is 2.87 bits per heavy atom. The first kappa shape index (κ1) is 20.0. The van der Waals surface area contributed by atoms with Crippen molar-refractivity contribution in [3.05, 3.63) is 58.6 Å². The Morgan fingerprint density at radius 2 is 2.13 bits per heavy atom. The Hall–Kier alpha value is -3.29. The van der Waals surface area contributed by atoms with Gasteiger partial charge in [0.15, 0.2) is 0 Å². The number of halogens is 1. The van der Waals surface area contributed by atoms with Gasteiger partial charge in [0.25, 0.3) is 5.91 Å². The summed E-state index contributed by atoms with van der Waals surface area (Å²) < 4.78 is 22.0. The number of aromatic nitrogens is 4. The van der Waals surface area contributed by atoms with Gasteiger partial charge in [0.2, 0.25) is 0 Å². The van der Waals surface area contributed by atoms with Crippen LogP contribution in [0.15, 0.2) is 24.4 Å². The van der Waals surface area contributed by atoms with E-state index in [-0.39, 0.29) is 17.8 Å². The summed E-state index contributed by atoms with van der Waals surface area (Å²) in [6.45, 7) is 5.98. The van der Waals surface area contributed by atoms with Crippen LogP contribution in [0.3, 0.4) is 0 Å². The molecule has 0 saturated carbocycles. The van der Waals surface area contributed by atoms with Gasteiger partial charge in [0.05, 0.1) is 29.3 Å². The van der Waals surface area contributed by atoms with E-state index in [4.69, 9.17) is 4.74 Å². The van der Waals surface area contributed by atoms with Crippen molar-refractivity contribution in [1.29, 1.82) is 0 Å². The second-order valence-electron chi connectivity index (χ2n) is 7.54. The summed E-state index contributed by atoms with van der Waals surface area (Å²) in [5.74, 6) is 0.0465. The van der Waals surface area contributed by atoms with E-state index in [1.165, 1.54) is 12.1 Å². The van der Waals surface area contributed by atoms with Crippen molar-refractivity contribution < 1.29 is 13.9 Å². The number of benzene rings is 1. The second kappa shape index (κ2) is 7.85. The van der Waals surface area contributed by atoms with E-state index in [9.17, 15) is 9.18 Å². The normalized spacial score (nSPS) is 15.0. The van der Waals surface area contributed by atoms with E-state index in [1.807, 2.05) is 20.8 Å². The van der Waals surface area contributed by atoms with Crippen LogP contribution in [0.4, 0.5) is 4.39 Å². The van der Waals surface area contributed by atoms with Crippen LogP contribution >= 0.6 is 0 Å². The highest BCUT2D eigenvalue weighted by Gasteiger charge is 2.29. The van der Waals surface area contributed by atoms with Gasteiger partial charge in [-0.1, -0.05) is 6.92 Å². The summed E-state index contributed by atoms with van der Waals surface area (Å²) >= 11 is 0. The van der Waals surface area contributed by atoms with Crippen LogP contribution < -0.4 is 10.1 Å². The molecule has 1 amide bonds. The van der Waals surface area contributed by atoms with Crippen LogP contribution in [-0.2, 0) is 19.9 Å². The molecule has 1 atom stereocenters. The smallest absolute Gasteiger partial charge is 0.269 e. The number of carbonyl (C=O) groups excluding carboxylic acids is 1. The lowest BCUT2D eigenvalue weighted by molar-refractivity contribution is 0.0924. The lowest BCUT2D eigenvalue weighted by atomic mass is 10.0. The third kappa shape index (κ3) is 3.77. The number of nitrogens with zero attached hydrogens (tertiary/aromatic N) is 4. The average molecular weight is 409 g/mol. The minimum Gasteiger partial charge on any atom is -0.487 e. The number of nitrogens with one attached hydrogen (secondary N) is 1. The fourth-order valence-electron chi connectivity index (χ4n) is 3.69. The van der Waals surface area contributed by atoms with Crippen molar-refractivity contribution in [1.82, 2.24) is 25.1 Å². The number of ether oxygens (including phenoxy) is 1. The zero-order valence-electron chi connectivity index (χ0n) is 17.5. The molecule has 1 aliphatic rings. The molecule has 156 valence electrons. The quantitative estimate of drug-likeness (QED) is 0.701. The minimum absolute atomic E-state index is 0.212. The van der Waals surface area contributed by atoms with E-state index in [2.05, 4.69) is 20.4 Å². The SMILES string of the molecule is CCc1cc(C(=O)NC[C@@H]2Cc3cc(F)cc(-c4nc(C)cnc4C)c3O2)n(C)n1. The number of rotatable bonds is 5. The number of hydrogen-bond acceptors (Lipinski definition) is 5. The Morgan fingerprint density at radius 1 is 1.33 bits per heavy atom. The van der Waals surface area contributed by atoms with Crippen molar-refractivity contribution in [2.24, 2.45) is 7.05 Å². The molecule has 0 unspecified atom stereocenters. The summed E-state index contributed by atoms with van der Waals surface area (Å²) in [7, 11) is 1.75. The first-order valence-corrected chi connectivity index (χ1v) is 9.96. The highest BCUT2D eigenvalue weighted by molar-refractivity contribution is 5.92. The molecule has 2 aromatic heterocycles. The van der Waals surface area contributed by atoms with Gasteiger partial charge in [0.1, 0.15) is 23.4 Å². The molecule has 4 rings (SSSR count). The third-order valence-corrected chi connectivity index (χ3v) is 5.21. The lowest BCUT2D eigenvalue weighted by Gasteiger charge is -2.14. The second-order valence-corrected chi connectivity index (χ2v) is 7.54. The van der Waals surface area contributed by atoms with Crippen LogP contribution in [0.5, 0.6) is 5.75 Å². The summed E-state index contributed by atoms with van der Waals surface area (Å²) in [5, 5.41) is 7.20. The standard InChI is InChI=1S/C22H24FN5O2/c1-5-16-9-19(28(4)27-16)22(29)25-11-17-7-14-6-15(23)8-18(21(14)30-17)20-13(3)24-10-12(2)26-20/h6,8-10,17H,5,7,11H2,1-4H3,(H,25,29)/t17-/m0/s1. The van der Waals surface area contributed by atoms with E-state index in [0.29, 0.717) is 41.4 Å². The maximum Gasteiger partial charge on any atom is 0.269 e. The maximum absolute atomic E-state index is 14.3. The monoisotopic (exact) mass is 409 g/mol. The van der Waals surface area contributed by atoms with E-state index in [0.717, 1.165) is 23.4 Å². The first-order valence-electron chi connectivity index (χ1n) is 9.96. The Bertz CT molecular complexity index is 1120. The van der Waals surface area contributed by atoms with Crippen molar-refractivity contribution in [2.75, 3.05) is 6.54 Å². The third-order valence-electron chi connectivity index (χ3n) is 5.21. The fourth-order valence-corrected chi connectivity index (χ4v) is 3.69. The highest BCUT2D eigenvalue weighted by Crippen LogP contribution is 2.39. The Kier molecular flexibility index (Phi) is 5.24. The molecular formula is C22H24FN5O2. The molecule has 3 aromatic rings. The van der Waals surface area contributed by atoms with Gasteiger partial charge in [-0.2, -0.15) is 5.10 Å². The van der Waals surface area contributed by atoms with Gasteiger partial charge in [-0.05, 0) is 38.5 Å². The molecule has 0 fully saturated rings. The largest absolute Gasteiger partial charge is 0.487 e. The van der Waals surface area contributed by atoms with Gasteiger partial charge in [-0.25, -0.2) is 9.37 Å². The van der Waals surface area contributed by atoms with E-state index >= 15 is 0 Å². The predicted molar refractivity (Wildman–Crippen MR) is 110 cm³/mol. The van der Waals surface area contributed by atoms with Crippen molar-refractivity contribution in [3.8, 4) is 17.0 Å². The molecule has 0 bridgehead atoms. The summed E-state index contributed by atoms with van der Waals surface area (Å²) in [4.78, 5) is 21.4. The molecule has 1 aromatic carbocycles. The number of aryl methyl sites for hydroxylation is 4. The van der Waals surface area contributed by atoms with Gasteiger partial charge >= 0.3 is 0 Å². The summed E-state index contributed by atoms with van der Waals surface area (Å²) in [6, 6.07) is 4.69. The van der Waals surface area contributed by atoms with E-state index in [1.54, 1.807) is 24.0 Å². The van der Waals surface area contributed by atoms with Crippen LogP contribution in [0.25, 0.3) is 11.3 Å². The molecule has 0 radical (unpaired) electrons. The maximum atomic E-state index is 14.3. The van der Waals surface area contributed by atoms with Gasteiger partial charge < -0.3 is 10.1 Å². The lowest BCUT2D eigenvalue weighted by Crippen LogP contribution is -2.35. The average Bonchev–Trinajstić information content (AvgIpc) is 3.30. The molecule has 0 aliphatic carbocycles. The number of amides is 1. The predicted octanol–water partition coefficient (Wildman–Crippen LogP) is 2.93. The van der Waals surface area contributed by atoms with Crippen LogP contribution in [0.2, 0.25) is 0 Å². The molecule has 1 N–H and O–H groups in total. The van der Waals surface area contributed by atoms with E-state index < -0.39 is 0 Å². The fraction of sp³-hybridized carbons (Fsp3) is 0.364. The molecule has 0 spiro atoms. The van der Waals surface area contributed by atoms with Gasteiger partial charge in [0, 0.05) is 30.8 Å². The molecule has 3 heterocycles. The van der Waals surface area contributed by atoms with Crippen molar-refractivity contribution in [2.45, 2.75) is 39.7 Å². The summed E-state index contributed by atoms with van der Waals surface area (Å²) in [5.41, 5.74) is 4.78. The number of fused-ring (bicyclic) bond motifs is 1. The van der Waals surface area contributed by atoms with Gasteiger partial charge in [-0.15, -0.1) is 0 Å². The van der Waals surface area contributed by atoms with Crippen molar-refractivity contribution >= 4 is 5.91 Å². The highest BCUT2D eigenvalue weighted by atomic mass is 19.1. The van der Waals surface area contributed by atoms with Crippen LogP contribution in [-0.4, -0.2) is 38.3 Å². The summed E-state index contributed by atoms with van der Waals surface area (Å²) in [6.07, 6.45) is 2.66. The molecule has 0 saturated heterocycles. The number of hydrogen-bond donors (Lipinski definition) is 1. The Balaban J connectivity index is 1.53. The van der Waals surface area contributed by atoms with Crippen LogP contribution in [0.1, 0.15) is 40.1 Å². The zero-order valence-corrected chi connectivity index (χ0v) is 17.5. The molecule has 30 heavy (non-hydrogen) atoms. The molecule has 7 nitrogen and oxygen atoms in total.